The summed E-state index contributed by atoms with van der Waals surface area (Å²) in [6.07, 6.45) is -0.0627. The average Bonchev–Trinajstić information content (AvgIpc) is 3.66. The van der Waals surface area contributed by atoms with Crippen molar-refractivity contribution < 1.29 is 55.6 Å². The molecule has 4 aromatic rings. The van der Waals surface area contributed by atoms with Crippen molar-refractivity contribution in [3.05, 3.63) is 45.7 Å². The molecule has 0 aliphatic heterocycles. The highest BCUT2D eigenvalue weighted by molar-refractivity contribution is 7.79. The Morgan fingerprint density at radius 2 is 1.30 bits per heavy atom. The zero-order valence-electron chi connectivity index (χ0n) is 25.7. The van der Waals surface area contributed by atoms with Crippen molar-refractivity contribution in [1.82, 2.24) is 0 Å². The fraction of sp³-hybridized carbons (Fsp3) is 0.387. The number of carbonyl (C=O) groups excluding carboxylic acids is 3. The Labute approximate surface area is 273 Å². The third kappa shape index (κ3) is 7.65. The van der Waals surface area contributed by atoms with Gasteiger partial charge in [0.05, 0.1) is 55.5 Å². The number of carbonyl (C=O) groups is 3. The Kier molecular flexibility index (Phi) is 11.4. The second-order valence-electron chi connectivity index (χ2n) is 10.7. The van der Waals surface area contributed by atoms with Crippen molar-refractivity contribution in [3.8, 4) is 23.0 Å². The molecule has 46 heavy (non-hydrogen) atoms. The Hall–Kier alpha value is -3.66. The second-order valence-corrected chi connectivity index (χ2v) is 13.9. The molecule has 10 nitrogen and oxygen atoms in total. The highest BCUT2D eigenvalue weighted by Crippen LogP contribution is 2.42. The average molecular weight is 699 g/mol. The minimum atomic E-state index is -2.12. The van der Waals surface area contributed by atoms with E-state index in [-0.39, 0.29) is 93.3 Å². The van der Waals surface area contributed by atoms with Crippen LogP contribution in [-0.2, 0) is 20.6 Å². The Morgan fingerprint density at radius 1 is 0.826 bits per heavy atom. The van der Waals surface area contributed by atoms with Gasteiger partial charge in [0.1, 0.15) is 0 Å². The molecule has 0 amide bonds. The van der Waals surface area contributed by atoms with Crippen LogP contribution >= 0.6 is 22.7 Å². The Balaban J connectivity index is 1.44. The maximum absolute atomic E-state index is 15.6. The first-order valence-corrected chi connectivity index (χ1v) is 16.8. The van der Waals surface area contributed by atoms with Gasteiger partial charge < -0.3 is 28.2 Å². The van der Waals surface area contributed by atoms with Crippen molar-refractivity contribution in [3.63, 3.8) is 0 Å². The number of methoxy groups -OCH3 is 3. The van der Waals surface area contributed by atoms with E-state index < -0.39 is 34.1 Å². The van der Waals surface area contributed by atoms with Crippen molar-refractivity contribution in [2.24, 2.45) is 5.41 Å². The van der Waals surface area contributed by atoms with E-state index in [1.807, 2.05) is 0 Å². The number of hydrogen-bond donors (Lipinski definition) is 1. The van der Waals surface area contributed by atoms with Gasteiger partial charge in [0, 0.05) is 51.6 Å². The largest absolute Gasteiger partial charge is 0.493 e. The molecule has 2 heterocycles. The van der Waals surface area contributed by atoms with E-state index in [1.165, 1.54) is 33.5 Å². The zero-order valence-corrected chi connectivity index (χ0v) is 28.1. The van der Waals surface area contributed by atoms with Crippen LogP contribution in [-0.4, -0.2) is 66.6 Å². The highest BCUT2D eigenvalue weighted by Gasteiger charge is 2.33. The highest BCUT2D eigenvalue weighted by atomic mass is 32.2. The van der Waals surface area contributed by atoms with E-state index in [4.69, 9.17) is 28.2 Å². The number of ether oxygens (including phenoxy) is 5. The summed E-state index contributed by atoms with van der Waals surface area (Å²) < 4.78 is 78.6. The summed E-state index contributed by atoms with van der Waals surface area (Å²) in [4.78, 5) is 37.8. The molecule has 0 radical (unpaired) electrons. The molecule has 2 aromatic heterocycles. The predicted octanol–water partition coefficient (Wildman–Crippen LogP) is 6.83. The lowest BCUT2D eigenvalue weighted by Crippen LogP contribution is -2.28. The predicted molar refractivity (Wildman–Crippen MR) is 172 cm³/mol. The lowest BCUT2D eigenvalue weighted by Gasteiger charge is -2.19. The van der Waals surface area contributed by atoms with Crippen LogP contribution in [0.2, 0.25) is 0 Å². The van der Waals surface area contributed by atoms with Crippen LogP contribution < -0.4 is 18.9 Å². The first kappa shape index (κ1) is 35.2. The van der Waals surface area contributed by atoms with Crippen LogP contribution in [0.3, 0.4) is 0 Å². The SMILES string of the molecule is COC(=O)C(C)(C)CC(=O)c1cc2c(F)c(OCCCOc3c(OC)cc4sc(C(=O)CCS(=O)O)cc4c3F)c(OC)cc2s1. The molecule has 0 fully saturated rings. The first-order valence-electron chi connectivity index (χ1n) is 13.9. The molecular formula is C31H32F2O10S3. The molecule has 0 bridgehead atoms. The van der Waals surface area contributed by atoms with Crippen LogP contribution in [0.15, 0.2) is 24.3 Å². The van der Waals surface area contributed by atoms with Crippen molar-refractivity contribution in [2.75, 3.05) is 40.3 Å². The van der Waals surface area contributed by atoms with Crippen molar-refractivity contribution in [1.29, 1.82) is 0 Å². The van der Waals surface area contributed by atoms with Gasteiger partial charge >= 0.3 is 5.97 Å². The number of hydrogen-bond acceptors (Lipinski definition) is 11. The van der Waals surface area contributed by atoms with E-state index in [9.17, 15) is 18.6 Å². The summed E-state index contributed by atoms with van der Waals surface area (Å²) in [5, 5.41) is 0.308. The van der Waals surface area contributed by atoms with Crippen molar-refractivity contribution >= 4 is 71.5 Å². The maximum Gasteiger partial charge on any atom is 0.311 e. The van der Waals surface area contributed by atoms with Crippen LogP contribution in [0, 0.1) is 17.0 Å². The third-order valence-electron chi connectivity index (χ3n) is 6.98. The molecule has 0 aliphatic rings. The van der Waals surface area contributed by atoms with Gasteiger partial charge in [-0.05, 0) is 26.0 Å². The molecule has 15 heteroatoms. The number of ketones is 2. The van der Waals surface area contributed by atoms with Gasteiger partial charge in [0.25, 0.3) is 0 Å². The van der Waals surface area contributed by atoms with Gasteiger partial charge in [-0.3, -0.25) is 14.4 Å². The summed E-state index contributed by atoms with van der Waals surface area (Å²) >= 11 is -0.000976. The van der Waals surface area contributed by atoms with Gasteiger partial charge in [-0.15, -0.1) is 22.7 Å². The fourth-order valence-corrected chi connectivity index (χ4v) is 7.03. The Morgan fingerprint density at radius 3 is 1.74 bits per heavy atom. The molecule has 0 spiro atoms. The van der Waals surface area contributed by atoms with Crippen LogP contribution in [0.25, 0.3) is 20.2 Å². The molecule has 1 N–H and O–H groups in total. The van der Waals surface area contributed by atoms with Gasteiger partial charge in [-0.1, -0.05) is 0 Å². The monoisotopic (exact) mass is 698 g/mol. The third-order valence-corrected chi connectivity index (χ3v) is 9.78. The molecule has 0 saturated heterocycles. The number of thiophene rings is 2. The first-order chi connectivity index (χ1) is 21.8. The summed E-state index contributed by atoms with van der Waals surface area (Å²) in [5.74, 6) is -3.01. The van der Waals surface area contributed by atoms with Gasteiger partial charge in [-0.2, -0.15) is 0 Å². The van der Waals surface area contributed by atoms with Crippen LogP contribution in [0.4, 0.5) is 8.78 Å². The molecule has 2 aromatic carbocycles. The van der Waals surface area contributed by atoms with E-state index >= 15 is 8.78 Å². The molecule has 0 saturated carbocycles. The number of benzene rings is 2. The number of rotatable bonds is 16. The normalized spacial score (nSPS) is 12.3. The lowest BCUT2D eigenvalue weighted by atomic mass is 9.87. The molecule has 1 atom stereocenters. The summed E-state index contributed by atoms with van der Waals surface area (Å²) in [7, 11) is 3.95. The quantitative estimate of drug-likeness (QED) is 0.0575. The van der Waals surface area contributed by atoms with Gasteiger partial charge in [-0.25, -0.2) is 13.0 Å². The lowest BCUT2D eigenvalue weighted by molar-refractivity contribution is -0.150. The standard InChI is InChI=1S/C31H32F2O10S3/c1-31(2,30(36)41-5)15-19(35)25-12-17-23(45-25)14-21(40-4)29(27(17)33)43-9-6-8-42-28-20(39-3)13-22-16(26(28)32)11-24(44-22)18(34)7-10-46(37)38/h11-14H,6-10,15H2,1-5H3,(H,37,38). The minimum absolute atomic E-state index is 0.0302. The van der Waals surface area contributed by atoms with Crippen LogP contribution in [0.1, 0.15) is 52.5 Å². The number of esters is 1. The topological polar surface area (TPSA) is 135 Å². The molecule has 0 aliphatic carbocycles. The molecule has 1 unspecified atom stereocenters. The fourth-order valence-electron chi connectivity index (χ4n) is 4.59. The van der Waals surface area contributed by atoms with Crippen LogP contribution in [0.5, 0.6) is 23.0 Å². The maximum atomic E-state index is 15.6. The zero-order chi connectivity index (χ0) is 33.8. The van der Waals surface area contributed by atoms with E-state index in [0.717, 1.165) is 22.7 Å². The summed E-state index contributed by atoms with van der Waals surface area (Å²) in [6, 6.07) is 5.90. The van der Waals surface area contributed by atoms with Gasteiger partial charge in [0.15, 0.2) is 57.3 Å². The van der Waals surface area contributed by atoms with E-state index in [2.05, 4.69) is 0 Å². The molecular weight excluding hydrogens is 667 g/mol. The van der Waals surface area contributed by atoms with E-state index in [0.29, 0.717) is 9.40 Å². The van der Waals surface area contributed by atoms with E-state index in [1.54, 1.807) is 26.0 Å². The molecule has 4 rings (SSSR count). The Bertz CT molecular complexity index is 1810. The number of fused-ring (bicyclic) bond motifs is 2. The number of Topliss-reactive ketones (excluding diaryl/α,β-unsaturated/α-hetero) is 2. The van der Waals surface area contributed by atoms with Crippen molar-refractivity contribution in [2.45, 2.75) is 33.1 Å². The number of halogens is 2. The smallest absolute Gasteiger partial charge is 0.311 e. The second kappa shape index (κ2) is 14.8. The summed E-state index contributed by atoms with van der Waals surface area (Å²) in [6.45, 7) is 3.13. The van der Waals surface area contributed by atoms with Gasteiger partial charge in [0.2, 0.25) is 0 Å². The minimum Gasteiger partial charge on any atom is -0.493 e. The molecule has 248 valence electrons. The summed E-state index contributed by atoms with van der Waals surface area (Å²) in [5.41, 5.74) is -1.05.